The highest BCUT2D eigenvalue weighted by Gasteiger charge is 2.46. The van der Waals surface area contributed by atoms with Crippen LogP contribution in [0, 0.1) is 0 Å². The van der Waals surface area contributed by atoms with Crippen LogP contribution in [0.15, 0.2) is 60.7 Å². The van der Waals surface area contributed by atoms with Gasteiger partial charge in [-0.25, -0.2) is 0 Å². The summed E-state index contributed by atoms with van der Waals surface area (Å²) in [5, 5.41) is 2.96. The summed E-state index contributed by atoms with van der Waals surface area (Å²) in [4.78, 5) is 25.9. The minimum absolute atomic E-state index is 0.00134. The van der Waals surface area contributed by atoms with Crippen molar-refractivity contribution in [2.24, 2.45) is 0 Å². The summed E-state index contributed by atoms with van der Waals surface area (Å²) in [6, 6.07) is 20.7. The van der Waals surface area contributed by atoms with Crippen LogP contribution in [-0.4, -0.2) is 40.0 Å². The highest BCUT2D eigenvalue weighted by atomic mass is 79.9. The molecule has 30 heavy (non-hydrogen) atoms. The molecule has 1 saturated heterocycles. The molecule has 0 saturated carbocycles. The first-order valence-corrected chi connectivity index (χ1v) is 12.5. The van der Waals surface area contributed by atoms with Gasteiger partial charge in [0.05, 0.1) is 0 Å². The summed E-state index contributed by atoms with van der Waals surface area (Å²) in [5.41, 5.74) is 2.60. The van der Waals surface area contributed by atoms with Gasteiger partial charge in [-0.3, -0.25) is 9.59 Å². The number of thioether (sulfide) groups is 1. The molecule has 3 rings (SSSR count). The maximum Gasteiger partial charge on any atom is 0.240 e. The van der Waals surface area contributed by atoms with Crippen molar-refractivity contribution in [3.63, 3.8) is 0 Å². The minimum atomic E-state index is -0.205. The Morgan fingerprint density at radius 1 is 0.933 bits per heavy atom. The van der Waals surface area contributed by atoms with Crippen molar-refractivity contribution >= 4 is 39.5 Å². The Hall–Kier alpha value is -1.79. The van der Waals surface area contributed by atoms with Gasteiger partial charge in [-0.05, 0) is 30.4 Å². The van der Waals surface area contributed by atoms with E-state index in [1.165, 1.54) is 24.0 Å². The zero-order chi connectivity index (χ0) is 21.2. The van der Waals surface area contributed by atoms with Crippen LogP contribution in [0.4, 0.5) is 0 Å². The lowest BCUT2D eigenvalue weighted by Gasteiger charge is -2.43. The number of rotatable bonds is 12. The topological polar surface area (TPSA) is 49.4 Å². The fourth-order valence-corrected chi connectivity index (χ4v) is 5.68. The molecular weight excluding hydrogens is 460 g/mol. The fourth-order valence-electron chi connectivity index (χ4n) is 3.47. The molecule has 0 bridgehead atoms. The quantitative estimate of drug-likeness (QED) is 0.266. The molecule has 2 aromatic rings. The highest BCUT2D eigenvalue weighted by molar-refractivity contribution is 9.10. The minimum Gasteiger partial charge on any atom is -0.355 e. The number of nitrogens with zero attached hydrogens (tertiary/aromatic N) is 1. The predicted molar refractivity (Wildman–Crippen MR) is 128 cm³/mol. The second kappa shape index (κ2) is 12.2. The van der Waals surface area contributed by atoms with Gasteiger partial charge in [-0.15, -0.1) is 11.8 Å². The van der Waals surface area contributed by atoms with Gasteiger partial charge in [0.1, 0.15) is 16.7 Å². The van der Waals surface area contributed by atoms with Gasteiger partial charge in [0, 0.05) is 12.3 Å². The lowest BCUT2D eigenvalue weighted by atomic mass is 10.1. The van der Waals surface area contributed by atoms with Crippen LogP contribution in [0.5, 0.6) is 0 Å². The number of nitrogens with one attached hydrogen (secondary N) is 1. The Morgan fingerprint density at radius 2 is 1.57 bits per heavy atom. The first kappa shape index (κ1) is 22.9. The van der Waals surface area contributed by atoms with Crippen molar-refractivity contribution in [1.29, 1.82) is 0 Å². The number of carbonyl (C=O) groups excluding carboxylic acids is 2. The van der Waals surface area contributed by atoms with E-state index in [4.69, 9.17) is 0 Å². The number of amides is 2. The Bertz CT molecular complexity index is 803. The second-order valence-electron chi connectivity index (χ2n) is 7.55. The van der Waals surface area contributed by atoms with E-state index in [0.717, 1.165) is 25.0 Å². The molecule has 4 nitrogen and oxygen atoms in total. The summed E-state index contributed by atoms with van der Waals surface area (Å²) in [6.45, 7) is 0.813. The van der Waals surface area contributed by atoms with Crippen LogP contribution in [0.2, 0.25) is 0 Å². The number of β-lactam (4-membered cyclic amide) rings is 1. The number of aryl methyl sites for hydroxylation is 1. The van der Waals surface area contributed by atoms with Gasteiger partial charge in [0.2, 0.25) is 11.8 Å². The number of benzene rings is 2. The molecule has 160 valence electrons. The third-order valence-corrected chi connectivity index (χ3v) is 7.82. The van der Waals surface area contributed by atoms with E-state index in [2.05, 4.69) is 57.6 Å². The molecule has 1 aliphatic rings. The SMILES string of the molecule is O=C(CN1C(=O)[C@@H](Br)[C@H]1SCc1ccccc1)NCCCCCCc1ccccc1. The average Bonchev–Trinajstić information content (AvgIpc) is 2.79. The van der Waals surface area contributed by atoms with Gasteiger partial charge >= 0.3 is 0 Å². The van der Waals surface area contributed by atoms with Gasteiger partial charge in [-0.2, -0.15) is 0 Å². The zero-order valence-corrected chi connectivity index (χ0v) is 19.5. The number of unbranched alkanes of at least 4 members (excludes halogenated alkanes) is 3. The van der Waals surface area contributed by atoms with Crippen molar-refractivity contribution in [2.75, 3.05) is 13.1 Å². The molecule has 1 fully saturated rings. The Balaban J connectivity index is 1.28. The van der Waals surface area contributed by atoms with Crippen molar-refractivity contribution in [3.8, 4) is 0 Å². The first-order valence-electron chi connectivity index (χ1n) is 10.6. The number of likely N-dealkylation sites (tertiary alicyclic amines) is 1. The van der Waals surface area contributed by atoms with Crippen molar-refractivity contribution < 1.29 is 9.59 Å². The lowest BCUT2D eigenvalue weighted by Crippen LogP contribution is -2.62. The number of alkyl halides is 1. The van der Waals surface area contributed by atoms with Crippen molar-refractivity contribution in [2.45, 2.75) is 48.1 Å². The standard InChI is InChI=1S/C24H29BrN2O2S/c25-22-23(29)27(24(22)30-18-20-14-8-4-9-15-20)17-21(28)26-16-10-2-1-5-11-19-12-6-3-7-13-19/h3-4,6-9,12-15,22,24H,1-2,5,10-11,16-18H2,(H,26,28)/t22-,24-/m1/s1. The molecule has 2 aromatic carbocycles. The first-order chi connectivity index (χ1) is 14.6. The Labute approximate surface area is 191 Å². The smallest absolute Gasteiger partial charge is 0.240 e. The third-order valence-electron chi connectivity index (χ3n) is 5.21. The van der Waals surface area contributed by atoms with E-state index >= 15 is 0 Å². The van der Waals surface area contributed by atoms with Gasteiger partial charge in [-0.1, -0.05) is 89.4 Å². The zero-order valence-electron chi connectivity index (χ0n) is 17.1. The predicted octanol–water partition coefficient (Wildman–Crippen LogP) is 4.77. The van der Waals surface area contributed by atoms with Crippen LogP contribution in [0.25, 0.3) is 0 Å². The molecule has 1 heterocycles. The monoisotopic (exact) mass is 488 g/mol. The third kappa shape index (κ3) is 6.88. The number of hydrogen-bond acceptors (Lipinski definition) is 3. The molecular formula is C24H29BrN2O2S. The summed E-state index contributed by atoms with van der Waals surface area (Å²) in [7, 11) is 0. The molecule has 2 amide bonds. The van der Waals surface area contributed by atoms with Crippen LogP contribution in [-0.2, 0) is 21.8 Å². The summed E-state index contributed by atoms with van der Waals surface area (Å²) in [6.07, 6.45) is 5.53. The molecule has 1 N–H and O–H groups in total. The number of halogens is 1. The maximum absolute atomic E-state index is 12.3. The normalized spacial score (nSPS) is 18.2. The molecule has 0 radical (unpaired) electrons. The summed E-state index contributed by atoms with van der Waals surface area (Å²) in [5.74, 6) is 0.746. The molecule has 0 spiro atoms. The Morgan fingerprint density at radius 3 is 2.27 bits per heavy atom. The van der Waals surface area contributed by atoms with Gasteiger partial charge in [0.15, 0.2) is 0 Å². The van der Waals surface area contributed by atoms with Crippen LogP contribution < -0.4 is 5.32 Å². The fraction of sp³-hybridized carbons (Fsp3) is 0.417. The van der Waals surface area contributed by atoms with E-state index in [0.29, 0.717) is 6.54 Å². The Kier molecular flexibility index (Phi) is 9.27. The van der Waals surface area contributed by atoms with E-state index in [1.807, 2.05) is 24.3 Å². The van der Waals surface area contributed by atoms with E-state index in [1.54, 1.807) is 16.7 Å². The van der Waals surface area contributed by atoms with E-state index in [-0.39, 0.29) is 28.6 Å². The molecule has 0 aromatic heterocycles. The van der Waals surface area contributed by atoms with E-state index in [9.17, 15) is 9.59 Å². The summed E-state index contributed by atoms with van der Waals surface area (Å²) < 4.78 is 0. The van der Waals surface area contributed by atoms with Crippen LogP contribution in [0.3, 0.4) is 0 Å². The molecule has 6 heteroatoms. The number of hydrogen-bond donors (Lipinski definition) is 1. The van der Waals surface area contributed by atoms with Gasteiger partial charge in [0.25, 0.3) is 0 Å². The van der Waals surface area contributed by atoms with Gasteiger partial charge < -0.3 is 10.2 Å². The molecule has 1 aliphatic heterocycles. The van der Waals surface area contributed by atoms with Crippen molar-refractivity contribution in [1.82, 2.24) is 10.2 Å². The maximum atomic E-state index is 12.3. The molecule has 0 unspecified atom stereocenters. The average molecular weight is 489 g/mol. The largest absolute Gasteiger partial charge is 0.355 e. The second-order valence-corrected chi connectivity index (χ2v) is 9.65. The van der Waals surface area contributed by atoms with Crippen LogP contribution in [0.1, 0.15) is 36.8 Å². The molecule has 2 atom stereocenters. The highest BCUT2D eigenvalue weighted by Crippen LogP contribution is 2.36. The lowest BCUT2D eigenvalue weighted by molar-refractivity contribution is -0.144. The van der Waals surface area contributed by atoms with E-state index < -0.39 is 0 Å². The number of carbonyl (C=O) groups is 2. The summed E-state index contributed by atoms with van der Waals surface area (Å²) >= 11 is 5.15. The molecule has 0 aliphatic carbocycles. The van der Waals surface area contributed by atoms with Crippen LogP contribution >= 0.6 is 27.7 Å². The van der Waals surface area contributed by atoms with Crippen molar-refractivity contribution in [3.05, 3.63) is 71.8 Å².